The van der Waals surface area contributed by atoms with Crippen LogP contribution in [0.4, 0.5) is 21.5 Å². The van der Waals surface area contributed by atoms with Gasteiger partial charge in [-0.2, -0.15) is 0 Å². The van der Waals surface area contributed by atoms with Crippen LogP contribution >= 0.6 is 0 Å². The summed E-state index contributed by atoms with van der Waals surface area (Å²) in [5.74, 6) is -1.32. The van der Waals surface area contributed by atoms with E-state index in [-0.39, 0.29) is 23.4 Å². The number of hydrogen-bond acceptors (Lipinski definition) is 3. The number of carbonyl (C=O) groups excluding carboxylic acids is 3. The highest BCUT2D eigenvalue weighted by Crippen LogP contribution is 2.30. The Morgan fingerprint density at radius 1 is 0.923 bits per heavy atom. The summed E-state index contributed by atoms with van der Waals surface area (Å²) < 4.78 is 13.9. The maximum absolute atomic E-state index is 13.9. The van der Waals surface area contributed by atoms with Gasteiger partial charge in [0, 0.05) is 29.8 Å². The van der Waals surface area contributed by atoms with Crippen molar-refractivity contribution < 1.29 is 18.8 Å². The molecule has 0 saturated heterocycles. The number of hydrogen-bond donors (Lipinski definition) is 3. The van der Waals surface area contributed by atoms with E-state index in [0.29, 0.717) is 16.9 Å². The third-order valence-corrected chi connectivity index (χ3v) is 3.90. The van der Waals surface area contributed by atoms with Gasteiger partial charge in [-0.15, -0.1) is 0 Å². The molecule has 3 rings (SSSR count). The molecule has 1 saturated carbocycles. The molecule has 0 spiro atoms. The van der Waals surface area contributed by atoms with Gasteiger partial charge in [-0.1, -0.05) is 0 Å². The standard InChI is InChI=1S/C19H18FN3O3/c1-11(24)21-15-8-9-16(20)17(10-15)23-19(26)13-4-6-14(7-5-13)22-18(25)12-2-3-12/h4-10,12H,2-3H2,1H3,(H,21,24)(H,22,25)(H,23,26). The molecule has 1 fully saturated rings. The monoisotopic (exact) mass is 355 g/mol. The van der Waals surface area contributed by atoms with Gasteiger partial charge in [-0.05, 0) is 55.3 Å². The maximum Gasteiger partial charge on any atom is 0.255 e. The summed E-state index contributed by atoms with van der Waals surface area (Å²) in [6, 6.07) is 10.3. The van der Waals surface area contributed by atoms with Gasteiger partial charge in [0.05, 0.1) is 5.69 Å². The van der Waals surface area contributed by atoms with Crippen LogP contribution in [-0.2, 0) is 9.59 Å². The van der Waals surface area contributed by atoms with E-state index in [4.69, 9.17) is 0 Å². The highest BCUT2D eigenvalue weighted by molar-refractivity contribution is 6.05. The van der Waals surface area contributed by atoms with Crippen molar-refractivity contribution in [1.29, 1.82) is 0 Å². The van der Waals surface area contributed by atoms with E-state index in [2.05, 4.69) is 16.0 Å². The summed E-state index contributed by atoms with van der Waals surface area (Å²) >= 11 is 0. The number of amides is 3. The average molecular weight is 355 g/mol. The van der Waals surface area contributed by atoms with Crippen LogP contribution < -0.4 is 16.0 Å². The van der Waals surface area contributed by atoms with Crippen molar-refractivity contribution in [3.05, 3.63) is 53.8 Å². The molecule has 2 aromatic carbocycles. The molecule has 1 aliphatic rings. The predicted molar refractivity (Wildman–Crippen MR) is 96.5 cm³/mol. The van der Waals surface area contributed by atoms with Crippen molar-refractivity contribution >= 4 is 34.8 Å². The molecule has 0 bridgehead atoms. The SMILES string of the molecule is CC(=O)Nc1ccc(F)c(NC(=O)c2ccc(NC(=O)C3CC3)cc2)c1. The van der Waals surface area contributed by atoms with E-state index in [1.165, 1.54) is 19.1 Å². The Kier molecular flexibility index (Phi) is 4.97. The molecule has 0 heterocycles. The number of rotatable bonds is 5. The molecule has 0 aliphatic heterocycles. The Morgan fingerprint density at radius 3 is 2.19 bits per heavy atom. The van der Waals surface area contributed by atoms with Crippen LogP contribution in [0.1, 0.15) is 30.1 Å². The average Bonchev–Trinajstić information content (AvgIpc) is 3.43. The van der Waals surface area contributed by atoms with Gasteiger partial charge in [0.15, 0.2) is 0 Å². The molecular formula is C19H18FN3O3. The van der Waals surface area contributed by atoms with Crippen LogP contribution in [0.15, 0.2) is 42.5 Å². The Hall–Kier alpha value is -3.22. The molecule has 26 heavy (non-hydrogen) atoms. The predicted octanol–water partition coefficient (Wildman–Crippen LogP) is 3.38. The lowest BCUT2D eigenvalue weighted by molar-refractivity contribution is -0.117. The lowest BCUT2D eigenvalue weighted by Gasteiger charge is -2.10. The van der Waals surface area contributed by atoms with E-state index in [9.17, 15) is 18.8 Å². The van der Waals surface area contributed by atoms with E-state index in [0.717, 1.165) is 18.9 Å². The molecule has 0 unspecified atom stereocenters. The van der Waals surface area contributed by atoms with E-state index >= 15 is 0 Å². The summed E-state index contributed by atoms with van der Waals surface area (Å²) in [6.45, 7) is 1.34. The Balaban J connectivity index is 1.67. The normalized spacial score (nSPS) is 13.0. The minimum atomic E-state index is -0.610. The van der Waals surface area contributed by atoms with Crippen LogP contribution in [0.25, 0.3) is 0 Å². The van der Waals surface area contributed by atoms with Gasteiger partial charge in [0.2, 0.25) is 11.8 Å². The Bertz CT molecular complexity index is 861. The molecule has 1 aliphatic carbocycles. The number of anilines is 3. The van der Waals surface area contributed by atoms with Crippen molar-refractivity contribution in [2.75, 3.05) is 16.0 Å². The first kappa shape index (κ1) is 17.6. The second-order valence-corrected chi connectivity index (χ2v) is 6.17. The minimum Gasteiger partial charge on any atom is -0.326 e. The molecule has 6 nitrogen and oxygen atoms in total. The first-order valence-corrected chi connectivity index (χ1v) is 8.22. The van der Waals surface area contributed by atoms with Crippen LogP contribution in [0, 0.1) is 11.7 Å². The molecule has 2 aromatic rings. The molecule has 0 radical (unpaired) electrons. The Labute approximate surface area is 149 Å². The van der Waals surface area contributed by atoms with Crippen molar-refractivity contribution in [2.24, 2.45) is 5.92 Å². The minimum absolute atomic E-state index is 0.0148. The zero-order chi connectivity index (χ0) is 18.7. The topological polar surface area (TPSA) is 87.3 Å². The fraction of sp³-hybridized carbons (Fsp3) is 0.211. The highest BCUT2D eigenvalue weighted by atomic mass is 19.1. The molecule has 0 atom stereocenters. The van der Waals surface area contributed by atoms with E-state index in [1.807, 2.05) is 0 Å². The van der Waals surface area contributed by atoms with Crippen molar-refractivity contribution in [3.8, 4) is 0 Å². The third-order valence-electron chi connectivity index (χ3n) is 3.90. The van der Waals surface area contributed by atoms with Gasteiger partial charge in [0.25, 0.3) is 5.91 Å². The lowest BCUT2D eigenvalue weighted by Crippen LogP contribution is -2.15. The molecule has 3 amide bonds. The third kappa shape index (κ3) is 4.44. The highest BCUT2D eigenvalue weighted by Gasteiger charge is 2.29. The van der Waals surface area contributed by atoms with Gasteiger partial charge in [-0.3, -0.25) is 14.4 Å². The molecule has 3 N–H and O–H groups in total. The number of carbonyl (C=O) groups is 3. The van der Waals surface area contributed by atoms with E-state index < -0.39 is 11.7 Å². The molecule has 134 valence electrons. The second-order valence-electron chi connectivity index (χ2n) is 6.17. The van der Waals surface area contributed by atoms with Crippen LogP contribution in [0.5, 0.6) is 0 Å². The first-order chi connectivity index (χ1) is 12.4. The smallest absolute Gasteiger partial charge is 0.255 e. The maximum atomic E-state index is 13.9. The zero-order valence-electron chi connectivity index (χ0n) is 14.1. The van der Waals surface area contributed by atoms with Crippen LogP contribution in [0.3, 0.4) is 0 Å². The molecule has 0 aromatic heterocycles. The Morgan fingerprint density at radius 2 is 1.58 bits per heavy atom. The summed E-state index contributed by atoms with van der Waals surface area (Å²) in [6.07, 6.45) is 1.82. The second kappa shape index (κ2) is 7.35. The molecular weight excluding hydrogens is 337 g/mol. The van der Waals surface area contributed by atoms with Gasteiger partial charge >= 0.3 is 0 Å². The zero-order valence-corrected chi connectivity index (χ0v) is 14.1. The fourth-order valence-electron chi connectivity index (χ4n) is 2.39. The van der Waals surface area contributed by atoms with Gasteiger partial charge in [0.1, 0.15) is 5.82 Å². The van der Waals surface area contributed by atoms with Gasteiger partial charge in [-0.25, -0.2) is 4.39 Å². The number of nitrogens with one attached hydrogen (secondary N) is 3. The van der Waals surface area contributed by atoms with Crippen LogP contribution in [0.2, 0.25) is 0 Å². The fourth-order valence-corrected chi connectivity index (χ4v) is 2.39. The van der Waals surface area contributed by atoms with Crippen molar-refractivity contribution in [3.63, 3.8) is 0 Å². The molecule has 7 heteroatoms. The summed E-state index contributed by atoms with van der Waals surface area (Å²) in [5.41, 5.74) is 1.27. The largest absolute Gasteiger partial charge is 0.326 e. The van der Waals surface area contributed by atoms with Crippen molar-refractivity contribution in [1.82, 2.24) is 0 Å². The first-order valence-electron chi connectivity index (χ1n) is 8.22. The number of halogens is 1. The lowest BCUT2D eigenvalue weighted by atomic mass is 10.1. The van der Waals surface area contributed by atoms with Crippen LogP contribution in [-0.4, -0.2) is 17.7 Å². The quantitative estimate of drug-likeness (QED) is 0.768. The summed E-state index contributed by atoms with van der Waals surface area (Å²) in [4.78, 5) is 35.1. The summed E-state index contributed by atoms with van der Waals surface area (Å²) in [7, 11) is 0. The van der Waals surface area contributed by atoms with E-state index in [1.54, 1.807) is 24.3 Å². The summed E-state index contributed by atoms with van der Waals surface area (Å²) in [5, 5.41) is 7.79. The van der Waals surface area contributed by atoms with Crippen molar-refractivity contribution in [2.45, 2.75) is 19.8 Å². The van der Waals surface area contributed by atoms with Gasteiger partial charge < -0.3 is 16.0 Å². The number of benzene rings is 2.